The lowest BCUT2D eigenvalue weighted by atomic mass is 10.1. The summed E-state index contributed by atoms with van der Waals surface area (Å²) in [5.41, 5.74) is 0. The van der Waals surface area contributed by atoms with E-state index in [0.717, 1.165) is 6.26 Å². The van der Waals surface area contributed by atoms with E-state index in [9.17, 15) is 18.0 Å². The van der Waals surface area contributed by atoms with Gasteiger partial charge in [-0.2, -0.15) is 0 Å². The van der Waals surface area contributed by atoms with Gasteiger partial charge in [0, 0.05) is 25.6 Å². The molecule has 0 aromatic rings. The van der Waals surface area contributed by atoms with Gasteiger partial charge in [-0.1, -0.05) is 0 Å². The van der Waals surface area contributed by atoms with Crippen LogP contribution in [0.5, 0.6) is 0 Å². The molecule has 0 aliphatic carbocycles. The van der Waals surface area contributed by atoms with Crippen molar-refractivity contribution in [3.63, 3.8) is 0 Å². The number of carbonyl (C=O) groups is 2. The number of carboxylic acid groups (broad SMARTS) is 1. The van der Waals surface area contributed by atoms with Gasteiger partial charge in [-0.05, 0) is 12.8 Å². The minimum Gasteiger partial charge on any atom is -0.481 e. The van der Waals surface area contributed by atoms with E-state index in [-0.39, 0.29) is 24.8 Å². The first-order valence-corrected chi connectivity index (χ1v) is 7.64. The molecule has 7 nitrogen and oxygen atoms in total. The highest BCUT2D eigenvalue weighted by Crippen LogP contribution is 2.12. The van der Waals surface area contributed by atoms with E-state index >= 15 is 0 Å². The Morgan fingerprint density at radius 2 is 2.06 bits per heavy atom. The lowest BCUT2D eigenvalue weighted by Crippen LogP contribution is -2.49. The number of carboxylic acids is 1. The van der Waals surface area contributed by atoms with Gasteiger partial charge in [0.05, 0.1) is 12.7 Å². The molecule has 0 saturated carbocycles. The molecule has 1 amide bonds. The van der Waals surface area contributed by atoms with Crippen LogP contribution in [0.4, 0.5) is 0 Å². The Kier molecular flexibility index (Phi) is 5.09. The van der Waals surface area contributed by atoms with Crippen molar-refractivity contribution in [2.24, 2.45) is 0 Å². The molecule has 1 saturated heterocycles. The van der Waals surface area contributed by atoms with Gasteiger partial charge in [-0.3, -0.25) is 9.59 Å². The second kappa shape index (κ2) is 6.14. The van der Waals surface area contributed by atoms with Crippen molar-refractivity contribution in [2.45, 2.75) is 31.7 Å². The number of sulfonamides is 1. The number of hydrogen-bond acceptors (Lipinski definition) is 4. The molecule has 104 valence electrons. The second-order valence-corrected chi connectivity index (χ2v) is 6.24. The lowest BCUT2D eigenvalue weighted by Gasteiger charge is -2.32. The van der Waals surface area contributed by atoms with Gasteiger partial charge in [0.15, 0.2) is 0 Å². The van der Waals surface area contributed by atoms with Gasteiger partial charge < -0.3 is 10.0 Å². The molecule has 2 N–H and O–H groups in total. The average Bonchev–Trinajstić information content (AvgIpc) is 2.23. The largest absolute Gasteiger partial charge is 0.481 e. The number of carbonyl (C=O) groups excluding carboxylic acids is 1. The summed E-state index contributed by atoms with van der Waals surface area (Å²) < 4.78 is 24.7. The van der Waals surface area contributed by atoms with Crippen LogP contribution in [-0.4, -0.2) is 55.7 Å². The van der Waals surface area contributed by atoms with E-state index in [0.29, 0.717) is 25.9 Å². The maximum atomic E-state index is 11.7. The van der Waals surface area contributed by atoms with Crippen molar-refractivity contribution in [3.8, 4) is 0 Å². The van der Waals surface area contributed by atoms with Crippen LogP contribution < -0.4 is 4.72 Å². The number of likely N-dealkylation sites (tertiary alicyclic amines) is 1. The fourth-order valence-electron chi connectivity index (χ4n) is 1.97. The maximum Gasteiger partial charge on any atom is 0.303 e. The number of aliphatic carboxylic acids is 1. The van der Waals surface area contributed by atoms with Crippen LogP contribution in [-0.2, 0) is 19.6 Å². The molecule has 0 aromatic heterocycles. The summed E-state index contributed by atoms with van der Waals surface area (Å²) in [4.78, 5) is 23.6. The normalized spacial score (nSPS) is 20.7. The van der Waals surface area contributed by atoms with E-state index in [1.54, 1.807) is 0 Å². The summed E-state index contributed by atoms with van der Waals surface area (Å²) in [6.45, 7) is 0.867. The Morgan fingerprint density at radius 1 is 1.39 bits per heavy atom. The molecule has 1 atom stereocenters. The summed E-state index contributed by atoms with van der Waals surface area (Å²) >= 11 is 0. The third kappa shape index (κ3) is 5.46. The van der Waals surface area contributed by atoms with Crippen molar-refractivity contribution in [1.82, 2.24) is 9.62 Å². The van der Waals surface area contributed by atoms with E-state index in [1.807, 2.05) is 0 Å². The van der Waals surface area contributed by atoms with Gasteiger partial charge >= 0.3 is 5.97 Å². The second-order valence-electron chi connectivity index (χ2n) is 4.46. The predicted octanol–water partition coefficient (Wildman–Crippen LogP) is -0.609. The van der Waals surface area contributed by atoms with E-state index in [1.165, 1.54) is 4.90 Å². The Balaban J connectivity index is 2.48. The van der Waals surface area contributed by atoms with E-state index < -0.39 is 16.0 Å². The minimum atomic E-state index is -3.28. The zero-order valence-corrected chi connectivity index (χ0v) is 11.1. The smallest absolute Gasteiger partial charge is 0.303 e. The summed E-state index contributed by atoms with van der Waals surface area (Å²) in [6.07, 6.45) is 2.25. The lowest BCUT2D eigenvalue weighted by molar-refractivity contribution is -0.141. The van der Waals surface area contributed by atoms with E-state index in [4.69, 9.17) is 5.11 Å². The highest BCUT2D eigenvalue weighted by atomic mass is 32.2. The van der Waals surface area contributed by atoms with Crippen LogP contribution in [0.3, 0.4) is 0 Å². The first-order chi connectivity index (χ1) is 8.28. The van der Waals surface area contributed by atoms with Gasteiger partial charge in [0.2, 0.25) is 15.9 Å². The SMILES string of the molecule is CS(=O)(=O)NC1CCCN(C(=O)CCC(=O)O)C1. The molecule has 1 heterocycles. The Hall–Kier alpha value is -1.15. The third-order valence-corrected chi connectivity index (χ3v) is 3.47. The predicted molar refractivity (Wildman–Crippen MR) is 64.5 cm³/mol. The monoisotopic (exact) mass is 278 g/mol. The maximum absolute atomic E-state index is 11.7. The molecular formula is C10H18N2O5S. The van der Waals surface area contributed by atoms with Gasteiger partial charge in [-0.25, -0.2) is 13.1 Å². The highest BCUT2D eigenvalue weighted by Gasteiger charge is 2.25. The van der Waals surface area contributed by atoms with Gasteiger partial charge in [-0.15, -0.1) is 0 Å². The van der Waals surface area contributed by atoms with Crippen LogP contribution >= 0.6 is 0 Å². The summed E-state index contributed by atoms with van der Waals surface area (Å²) in [7, 11) is -3.28. The molecule has 18 heavy (non-hydrogen) atoms. The molecule has 1 rings (SSSR count). The fraction of sp³-hybridized carbons (Fsp3) is 0.800. The van der Waals surface area contributed by atoms with Crippen molar-refractivity contribution in [1.29, 1.82) is 0 Å². The van der Waals surface area contributed by atoms with Crippen LogP contribution in [0.2, 0.25) is 0 Å². The van der Waals surface area contributed by atoms with Crippen molar-refractivity contribution in [2.75, 3.05) is 19.3 Å². The molecule has 1 unspecified atom stereocenters. The number of hydrogen-bond donors (Lipinski definition) is 2. The third-order valence-electron chi connectivity index (χ3n) is 2.71. The van der Waals surface area contributed by atoms with Crippen LogP contribution in [0, 0.1) is 0 Å². The molecule has 1 aliphatic heterocycles. The zero-order valence-electron chi connectivity index (χ0n) is 10.3. The Bertz CT molecular complexity index is 420. The minimum absolute atomic E-state index is 0.0407. The summed E-state index contributed by atoms with van der Waals surface area (Å²) in [5, 5.41) is 8.50. The van der Waals surface area contributed by atoms with Gasteiger partial charge in [0.1, 0.15) is 0 Å². The fourth-order valence-corrected chi connectivity index (χ4v) is 2.77. The van der Waals surface area contributed by atoms with Crippen LogP contribution in [0.1, 0.15) is 25.7 Å². The summed E-state index contributed by atoms with van der Waals surface area (Å²) in [5.74, 6) is -1.25. The van der Waals surface area contributed by atoms with Crippen LogP contribution in [0.25, 0.3) is 0 Å². The summed E-state index contributed by atoms with van der Waals surface area (Å²) in [6, 6.07) is -0.275. The Labute approximate surface area is 106 Å². The number of nitrogens with one attached hydrogen (secondary N) is 1. The zero-order chi connectivity index (χ0) is 13.8. The Morgan fingerprint density at radius 3 is 2.61 bits per heavy atom. The molecule has 8 heteroatoms. The molecular weight excluding hydrogens is 260 g/mol. The number of amides is 1. The van der Waals surface area contributed by atoms with E-state index in [2.05, 4.69) is 4.72 Å². The average molecular weight is 278 g/mol. The highest BCUT2D eigenvalue weighted by molar-refractivity contribution is 7.88. The molecule has 0 bridgehead atoms. The van der Waals surface area contributed by atoms with Crippen molar-refractivity contribution in [3.05, 3.63) is 0 Å². The molecule has 0 spiro atoms. The number of nitrogens with zero attached hydrogens (tertiary/aromatic N) is 1. The molecule has 0 aromatic carbocycles. The van der Waals surface area contributed by atoms with Crippen LogP contribution in [0.15, 0.2) is 0 Å². The number of rotatable bonds is 5. The van der Waals surface area contributed by atoms with Gasteiger partial charge in [0.25, 0.3) is 0 Å². The first-order valence-electron chi connectivity index (χ1n) is 5.75. The topological polar surface area (TPSA) is 104 Å². The molecule has 0 radical (unpaired) electrons. The molecule has 1 fully saturated rings. The van der Waals surface area contributed by atoms with Crippen molar-refractivity contribution < 1.29 is 23.1 Å². The number of piperidine rings is 1. The quantitative estimate of drug-likeness (QED) is 0.698. The standard InChI is InChI=1S/C10H18N2O5S/c1-18(16,17)11-8-3-2-6-12(7-8)9(13)4-5-10(14)15/h8,11H,2-7H2,1H3,(H,14,15). The first kappa shape index (κ1) is 14.9. The molecule has 1 aliphatic rings. The van der Waals surface area contributed by atoms with Crippen molar-refractivity contribution >= 4 is 21.9 Å².